The Morgan fingerprint density at radius 1 is 1.22 bits per heavy atom. The zero-order valence-electron chi connectivity index (χ0n) is 13.9. The van der Waals surface area contributed by atoms with Crippen LogP contribution in [0.4, 0.5) is 4.39 Å². The maximum absolute atomic E-state index is 13.0. The molecular weight excluding hydrogens is 353 g/mol. The standard InChI is InChI=1S/C18H14FN5O3/c19-11-7-5-10(6-8-11)17(26)20-14(9-25)18-21-16(24-27-18)15-12-3-1-2-4-13(12)22-23-15/h1-8,14,25H,9H2,(H,20,26)(H,22,23). The molecule has 0 fully saturated rings. The average Bonchev–Trinajstić information content (AvgIpc) is 3.33. The van der Waals surface area contributed by atoms with E-state index in [9.17, 15) is 14.3 Å². The minimum absolute atomic E-state index is 0.0371. The topological polar surface area (TPSA) is 117 Å². The molecule has 4 rings (SSSR count). The van der Waals surface area contributed by atoms with E-state index in [1.807, 2.05) is 24.3 Å². The molecule has 0 saturated carbocycles. The van der Waals surface area contributed by atoms with Crippen LogP contribution in [0.5, 0.6) is 0 Å². The number of halogens is 1. The van der Waals surface area contributed by atoms with E-state index in [1.165, 1.54) is 24.3 Å². The second-order valence-corrected chi connectivity index (χ2v) is 5.79. The summed E-state index contributed by atoms with van der Waals surface area (Å²) < 4.78 is 18.2. The molecule has 1 unspecified atom stereocenters. The number of benzene rings is 2. The highest BCUT2D eigenvalue weighted by Crippen LogP contribution is 2.24. The monoisotopic (exact) mass is 367 g/mol. The molecule has 2 heterocycles. The van der Waals surface area contributed by atoms with Crippen molar-refractivity contribution in [2.75, 3.05) is 6.61 Å². The number of aromatic nitrogens is 4. The number of aliphatic hydroxyl groups excluding tert-OH is 1. The van der Waals surface area contributed by atoms with Crippen LogP contribution < -0.4 is 5.32 Å². The lowest BCUT2D eigenvalue weighted by atomic mass is 10.2. The van der Waals surface area contributed by atoms with Crippen LogP contribution in [0.3, 0.4) is 0 Å². The molecule has 0 aliphatic heterocycles. The van der Waals surface area contributed by atoms with Crippen LogP contribution in [-0.4, -0.2) is 38.0 Å². The first-order valence-electron chi connectivity index (χ1n) is 8.10. The predicted molar refractivity (Wildman–Crippen MR) is 93.1 cm³/mol. The Morgan fingerprint density at radius 3 is 2.78 bits per heavy atom. The molecular formula is C18H14FN5O3. The molecule has 27 heavy (non-hydrogen) atoms. The first kappa shape index (κ1) is 16.9. The molecule has 0 radical (unpaired) electrons. The van der Waals surface area contributed by atoms with Crippen molar-refractivity contribution in [1.29, 1.82) is 0 Å². The highest BCUT2D eigenvalue weighted by molar-refractivity contribution is 5.94. The minimum atomic E-state index is -0.908. The van der Waals surface area contributed by atoms with Gasteiger partial charge >= 0.3 is 0 Å². The van der Waals surface area contributed by atoms with E-state index in [2.05, 4.69) is 25.7 Å². The molecule has 1 amide bonds. The van der Waals surface area contributed by atoms with Crippen molar-refractivity contribution >= 4 is 16.8 Å². The van der Waals surface area contributed by atoms with Crippen molar-refractivity contribution in [3.8, 4) is 11.5 Å². The normalized spacial score (nSPS) is 12.2. The fourth-order valence-corrected chi connectivity index (χ4v) is 2.64. The van der Waals surface area contributed by atoms with E-state index >= 15 is 0 Å². The summed E-state index contributed by atoms with van der Waals surface area (Å²) in [5, 5.41) is 24.0. The second kappa shape index (κ2) is 6.96. The van der Waals surface area contributed by atoms with Crippen molar-refractivity contribution in [1.82, 2.24) is 25.7 Å². The molecule has 0 saturated heterocycles. The van der Waals surface area contributed by atoms with Gasteiger partial charge < -0.3 is 14.9 Å². The van der Waals surface area contributed by atoms with E-state index in [4.69, 9.17) is 4.52 Å². The first-order valence-corrected chi connectivity index (χ1v) is 8.10. The van der Waals surface area contributed by atoms with E-state index in [-0.39, 0.29) is 17.3 Å². The number of hydrogen-bond donors (Lipinski definition) is 3. The van der Waals surface area contributed by atoms with Crippen LogP contribution in [0.25, 0.3) is 22.4 Å². The van der Waals surface area contributed by atoms with Gasteiger partial charge in [-0.05, 0) is 30.3 Å². The second-order valence-electron chi connectivity index (χ2n) is 5.79. The smallest absolute Gasteiger partial charge is 0.251 e. The van der Waals surface area contributed by atoms with Crippen LogP contribution in [-0.2, 0) is 0 Å². The molecule has 1 atom stereocenters. The quantitative estimate of drug-likeness (QED) is 0.498. The molecule has 0 bridgehead atoms. The zero-order chi connectivity index (χ0) is 18.8. The van der Waals surface area contributed by atoms with Crippen LogP contribution >= 0.6 is 0 Å². The van der Waals surface area contributed by atoms with Crippen molar-refractivity contribution < 1.29 is 18.8 Å². The average molecular weight is 367 g/mol. The number of rotatable bonds is 5. The SMILES string of the molecule is O=C(NC(CO)c1nc(-c2n[nH]c3ccccc23)no1)c1ccc(F)cc1. The summed E-state index contributed by atoms with van der Waals surface area (Å²) in [6.07, 6.45) is 0. The third-order valence-corrected chi connectivity index (χ3v) is 4.02. The van der Waals surface area contributed by atoms with Gasteiger partial charge in [0.1, 0.15) is 17.6 Å². The molecule has 8 nitrogen and oxygen atoms in total. The summed E-state index contributed by atoms with van der Waals surface area (Å²) in [5.41, 5.74) is 1.57. The summed E-state index contributed by atoms with van der Waals surface area (Å²) in [5.74, 6) is -0.677. The summed E-state index contributed by atoms with van der Waals surface area (Å²) in [6, 6.07) is 11.6. The molecule has 0 aliphatic carbocycles. The van der Waals surface area contributed by atoms with Gasteiger partial charge in [0.25, 0.3) is 11.8 Å². The van der Waals surface area contributed by atoms with E-state index in [0.29, 0.717) is 5.69 Å². The van der Waals surface area contributed by atoms with Gasteiger partial charge in [0, 0.05) is 10.9 Å². The lowest BCUT2D eigenvalue weighted by molar-refractivity contribution is 0.0901. The maximum Gasteiger partial charge on any atom is 0.251 e. The van der Waals surface area contributed by atoms with E-state index in [0.717, 1.165) is 10.9 Å². The number of aliphatic hydroxyl groups is 1. The molecule has 3 N–H and O–H groups in total. The highest BCUT2D eigenvalue weighted by Gasteiger charge is 2.23. The first-order chi connectivity index (χ1) is 13.2. The lowest BCUT2D eigenvalue weighted by Gasteiger charge is -2.12. The molecule has 9 heteroatoms. The number of carbonyl (C=O) groups excluding carboxylic acids is 1. The fourth-order valence-electron chi connectivity index (χ4n) is 2.64. The Bertz CT molecular complexity index is 1090. The number of nitrogens with one attached hydrogen (secondary N) is 2. The zero-order valence-corrected chi connectivity index (χ0v) is 13.9. The summed E-state index contributed by atoms with van der Waals surface area (Å²) >= 11 is 0. The van der Waals surface area contributed by atoms with Gasteiger partial charge in [-0.2, -0.15) is 10.1 Å². The number of hydrogen-bond acceptors (Lipinski definition) is 6. The van der Waals surface area contributed by atoms with Crippen molar-refractivity contribution in [3.05, 3.63) is 65.8 Å². The van der Waals surface area contributed by atoms with Gasteiger partial charge in [-0.15, -0.1) is 0 Å². The Kier molecular flexibility index (Phi) is 4.35. The summed E-state index contributed by atoms with van der Waals surface area (Å²) in [7, 11) is 0. The number of amides is 1. The minimum Gasteiger partial charge on any atom is -0.394 e. The molecule has 4 aromatic rings. The Balaban J connectivity index is 1.57. The van der Waals surface area contributed by atoms with Crippen LogP contribution in [0.15, 0.2) is 53.1 Å². The van der Waals surface area contributed by atoms with Gasteiger partial charge in [-0.3, -0.25) is 9.89 Å². The lowest BCUT2D eigenvalue weighted by Crippen LogP contribution is -2.31. The Labute approximate surface area is 152 Å². The van der Waals surface area contributed by atoms with Gasteiger partial charge in [0.2, 0.25) is 5.82 Å². The predicted octanol–water partition coefficient (Wildman–Crippen LogP) is 2.22. The Morgan fingerprint density at radius 2 is 2.00 bits per heavy atom. The summed E-state index contributed by atoms with van der Waals surface area (Å²) in [4.78, 5) is 16.5. The third-order valence-electron chi connectivity index (χ3n) is 4.02. The van der Waals surface area contributed by atoms with Gasteiger partial charge in [-0.1, -0.05) is 23.4 Å². The van der Waals surface area contributed by atoms with Crippen LogP contribution in [0, 0.1) is 5.82 Å². The van der Waals surface area contributed by atoms with Gasteiger partial charge in [-0.25, -0.2) is 4.39 Å². The highest BCUT2D eigenvalue weighted by atomic mass is 19.1. The van der Waals surface area contributed by atoms with Crippen molar-refractivity contribution in [3.63, 3.8) is 0 Å². The van der Waals surface area contributed by atoms with Crippen LogP contribution in [0.2, 0.25) is 0 Å². The number of para-hydroxylation sites is 1. The Hall–Kier alpha value is -3.59. The van der Waals surface area contributed by atoms with Crippen molar-refractivity contribution in [2.45, 2.75) is 6.04 Å². The van der Waals surface area contributed by atoms with Gasteiger partial charge in [0.15, 0.2) is 0 Å². The molecule has 0 spiro atoms. The molecule has 2 aromatic carbocycles. The molecule has 0 aliphatic rings. The van der Waals surface area contributed by atoms with E-state index < -0.39 is 24.4 Å². The molecule has 2 aromatic heterocycles. The molecule has 136 valence electrons. The van der Waals surface area contributed by atoms with Crippen LogP contribution in [0.1, 0.15) is 22.3 Å². The number of H-pyrrole nitrogens is 1. The fraction of sp³-hybridized carbons (Fsp3) is 0.111. The number of aromatic amines is 1. The van der Waals surface area contributed by atoms with E-state index in [1.54, 1.807) is 0 Å². The number of fused-ring (bicyclic) bond motifs is 1. The maximum atomic E-state index is 13.0. The number of carbonyl (C=O) groups is 1. The summed E-state index contributed by atoms with van der Waals surface area (Å²) in [6.45, 7) is -0.449. The van der Waals surface area contributed by atoms with Gasteiger partial charge in [0.05, 0.1) is 12.1 Å². The number of nitrogens with zero attached hydrogens (tertiary/aromatic N) is 3. The third kappa shape index (κ3) is 3.27. The van der Waals surface area contributed by atoms with Crippen molar-refractivity contribution in [2.24, 2.45) is 0 Å². The largest absolute Gasteiger partial charge is 0.394 e.